The summed E-state index contributed by atoms with van der Waals surface area (Å²) in [6, 6.07) is 16.6. The quantitative estimate of drug-likeness (QED) is 0.370. The first-order valence-electron chi connectivity index (χ1n) is 10.8. The van der Waals surface area contributed by atoms with Gasteiger partial charge in [-0.15, -0.1) is 12.4 Å². The number of aromatic nitrogens is 1. The van der Waals surface area contributed by atoms with Crippen molar-refractivity contribution in [2.75, 3.05) is 26.7 Å². The number of nitrogens with zero attached hydrogens (tertiary/aromatic N) is 2. The maximum Gasteiger partial charge on any atom is 0.187 e. The van der Waals surface area contributed by atoms with E-state index in [-0.39, 0.29) is 18.2 Å². The summed E-state index contributed by atoms with van der Waals surface area (Å²) in [6.45, 7) is 3.31. The molecule has 2 aromatic carbocycles. The van der Waals surface area contributed by atoms with E-state index in [9.17, 15) is 4.79 Å². The molecule has 3 aromatic rings. The van der Waals surface area contributed by atoms with Gasteiger partial charge in [0.1, 0.15) is 5.75 Å². The number of allylic oxidation sites excluding steroid dienone is 2. The van der Waals surface area contributed by atoms with E-state index in [0.717, 1.165) is 61.1 Å². The Morgan fingerprint density at radius 1 is 1.13 bits per heavy atom. The van der Waals surface area contributed by atoms with Crippen LogP contribution < -0.4 is 4.74 Å². The molecule has 5 heteroatoms. The van der Waals surface area contributed by atoms with Crippen molar-refractivity contribution in [3.63, 3.8) is 0 Å². The largest absolute Gasteiger partial charge is 0.497 e. The minimum absolute atomic E-state index is 0. The Hall–Kier alpha value is -2.56. The Balaban J connectivity index is 0.00000272. The molecule has 1 saturated heterocycles. The first kappa shape index (κ1) is 23.1. The number of carbonyl (C=O) groups is 1. The van der Waals surface area contributed by atoms with Crippen molar-refractivity contribution in [2.45, 2.75) is 19.3 Å². The number of rotatable bonds is 7. The zero-order valence-electron chi connectivity index (χ0n) is 18.3. The third-order valence-electron chi connectivity index (χ3n) is 6.17. The average molecular weight is 439 g/mol. The lowest BCUT2D eigenvalue weighted by Crippen LogP contribution is -2.34. The van der Waals surface area contributed by atoms with Gasteiger partial charge in [-0.25, -0.2) is 0 Å². The second-order valence-corrected chi connectivity index (χ2v) is 8.17. The van der Waals surface area contributed by atoms with Gasteiger partial charge in [0.05, 0.1) is 7.11 Å². The molecular weight excluding hydrogens is 408 g/mol. The number of fused-ring (bicyclic) bond motifs is 1. The summed E-state index contributed by atoms with van der Waals surface area (Å²) in [5, 5.41) is 0.947. The molecule has 1 aliphatic rings. The number of benzene rings is 2. The van der Waals surface area contributed by atoms with E-state index < -0.39 is 0 Å². The summed E-state index contributed by atoms with van der Waals surface area (Å²) in [7, 11) is 3.62. The number of carbonyl (C=O) groups excluding carboxylic acids is 1. The van der Waals surface area contributed by atoms with E-state index in [4.69, 9.17) is 4.74 Å². The van der Waals surface area contributed by atoms with Gasteiger partial charge in [-0.05, 0) is 68.1 Å². The van der Waals surface area contributed by atoms with Gasteiger partial charge < -0.3 is 14.2 Å². The summed E-state index contributed by atoms with van der Waals surface area (Å²) in [5.41, 5.74) is 3.18. The molecule has 0 atom stereocenters. The molecule has 0 spiro atoms. The van der Waals surface area contributed by atoms with Crippen molar-refractivity contribution < 1.29 is 9.53 Å². The Morgan fingerprint density at radius 3 is 2.58 bits per heavy atom. The van der Waals surface area contributed by atoms with Gasteiger partial charge in [-0.1, -0.05) is 36.4 Å². The fraction of sp³-hybridized carbons (Fsp3) is 0.346. The highest BCUT2D eigenvalue weighted by atomic mass is 35.5. The molecule has 164 valence electrons. The van der Waals surface area contributed by atoms with Crippen LogP contribution in [0.1, 0.15) is 28.8 Å². The molecule has 31 heavy (non-hydrogen) atoms. The monoisotopic (exact) mass is 438 g/mol. The molecule has 0 N–H and O–H groups in total. The lowest BCUT2D eigenvalue weighted by Gasteiger charge is -2.30. The second-order valence-electron chi connectivity index (χ2n) is 8.17. The van der Waals surface area contributed by atoms with E-state index in [0.29, 0.717) is 5.92 Å². The first-order chi connectivity index (χ1) is 14.6. The van der Waals surface area contributed by atoms with Crippen molar-refractivity contribution in [1.82, 2.24) is 9.47 Å². The molecule has 1 fully saturated rings. The molecule has 0 bridgehead atoms. The lowest BCUT2D eigenvalue weighted by atomic mass is 9.95. The zero-order valence-corrected chi connectivity index (χ0v) is 19.1. The third kappa shape index (κ3) is 5.57. The Bertz CT molecular complexity index is 1030. The van der Waals surface area contributed by atoms with E-state index >= 15 is 0 Å². The molecule has 4 rings (SSSR count). The molecule has 0 aliphatic carbocycles. The summed E-state index contributed by atoms with van der Waals surface area (Å²) >= 11 is 0. The predicted octanol–water partition coefficient (Wildman–Crippen LogP) is 5.30. The van der Waals surface area contributed by atoms with Crippen molar-refractivity contribution >= 4 is 29.1 Å². The first-order valence-corrected chi connectivity index (χ1v) is 10.8. The number of piperidine rings is 1. The minimum atomic E-state index is 0. The van der Waals surface area contributed by atoms with Crippen LogP contribution in [0.2, 0.25) is 0 Å². The normalized spacial score (nSPS) is 15.3. The summed E-state index contributed by atoms with van der Waals surface area (Å²) in [5.74, 6) is 1.32. The Morgan fingerprint density at radius 2 is 1.87 bits per heavy atom. The highest BCUT2D eigenvalue weighted by Crippen LogP contribution is 2.26. The van der Waals surface area contributed by atoms with Crippen LogP contribution in [0.3, 0.4) is 0 Å². The fourth-order valence-electron chi connectivity index (χ4n) is 4.31. The van der Waals surface area contributed by atoms with Crippen molar-refractivity contribution in [2.24, 2.45) is 13.0 Å². The molecule has 0 radical (unpaired) electrons. The number of halogens is 1. The molecule has 4 nitrogen and oxygen atoms in total. The van der Waals surface area contributed by atoms with Crippen LogP contribution in [0.25, 0.3) is 10.9 Å². The lowest BCUT2D eigenvalue weighted by molar-refractivity contribution is 0.104. The number of ether oxygens (including phenoxy) is 1. The maximum atomic E-state index is 12.9. The number of hydrogen-bond donors (Lipinski definition) is 0. The molecule has 1 aliphatic heterocycles. The molecule has 0 unspecified atom stereocenters. The van der Waals surface area contributed by atoms with E-state index in [1.165, 1.54) is 5.56 Å². The predicted molar refractivity (Wildman–Crippen MR) is 129 cm³/mol. The highest BCUT2D eigenvalue weighted by molar-refractivity contribution is 6.13. The van der Waals surface area contributed by atoms with E-state index in [1.54, 1.807) is 13.2 Å². The number of likely N-dealkylation sites (tertiary alicyclic amines) is 1. The van der Waals surface area contributed by atoms with Gasteiger partial charge in [0.15, 0.2) is 5.78 Å². The molecule has 0 amide bonds. The minimum Gasteiger partial charge on any atom is -0.497 e. The number of aryl methyl sites for hydroxylation is 1. The van der Waals surface area contributed by atoms with Gasteiger partial charge in [-0.3, -0.25) is 4.79 Å². The molecule has 0 saturated carbocycles. The maximum absolute atomic E-state index is 12.9. The number of hydrogen-bond acceptors (Lipinski definition) is 3. The van der Waals surface area contributed by atoms with E-state index in [2.05, 4.69) is 41.3 Å². The standard InChI is InChI=1S/C26H30N2O2.ClH/c1-27-19-24(23-18-22(30-2)9-10-25(23)27)26(29)11-8-21-13-16-28(17-14-21)15-12-20-6-4-3-5-7-20;/h3-11,18-19,21H,12-17H2,1-2H3;1H/b11-8+;. The zero-order chi connectivity index (χ0) is 20.9. The summed E-state index contributed by atoms with van der Waals surface area (Å²) < 4.78 is 7.34. The molecular formula is C26H31ClN2O2. The van der Waals surface area contributed by atoms with Gasteiger partial charge >= 0.3 is 0 Å². The molecule has 1 aromatic heterocycles. The van der Waals surface area contributed by atoms with Crippen molar-refractivity contribution in [3.05, 3.63) is 78.0 Å². The van der Waals surface area contributed by atoms with Crippen LogP contribution in [0, 0.1) is 5.92 Å². The Labute approximate surface area is 190 Å². The van der Waals surface area contributed by atoms with Gasteiger partial charge in [0.2, 0.25) is 0 Å². The van der Waals surface area contributed by atoms with E-state index in [1.807, 2.05) is 36.0 Å². The highest BCUT2D eigenvalue weighted by Gasteiger charge is 2.18. The summed E-state index contributed by atoms with van der Waals surface area (Å²) in [4.78, 5) is 15.4. The van der Waals surface area contributed by atoms with Gasteiger partial charge in [-0.2, -0.15) is 0 Å². The smallest absolute Gasteiger partial charge is 0.187 e. The topological polar surface area (TPSA) is 34.5 Å². The molecule has 2 heterocycles. The van der Waals surface area contributed by atoms with Crippen LogP contribution in [0.5, 0.6) is 5.75 Å². The van der Waals surface area contributed by atoms with Crippen molar-refractivity contribution in [3.8, 4) is 5.75 Å². The van der Waals surface area contributed by atoms with Crippen LogP contribution in [-0.4, -0.2) is 42.0 Å². The van der Waals surface area contributed by atoms with Crippen LogP contribution in [0.15, 0.2) is 66.9 Å². The van der Waals surface area contributed by atoms with Gasteiger partial charge in [0.25, 0.3) is 0 Å². The number of methoxy groups -OCH3 is 1. The average Bonchev–Trinajstić information content (AvgIpc) is 3.13. The fourth-order valence-corrected chi connectivity index (χ4v) is 4.31. The Kier molecular flexibility index (Phi) is 7.94. The van der Waals surface area contributed by atoms with Crippen molar-refractivity contribution in [1.29, 1.82) is 0 Å². The van der Waals surface area contributed by atoms with Crippen LogP contribution in [-0.2, 0) is 13.5 Å². The second kappa shape index (κ2) is 10.7. The van der Waals surface area contributed by atoms with Crippen LogP contribution >= 0.6 is 12.4 Å². The van der Waals surface area contributed by atoms with Crippen LogP contribution in [0.4, 0.5) is 0 Å². The summed E-state index contributed by atoms with van der Waals surface area (Å²) in [6.07, 6.45) is 9.14. The van der Waals surface area contributed by atoms with Gasteiger partial charge in [0, 0.05) is 36.3 Å². The SMILES string of the molecule is COc1ccc2c(c1)c(C(=O)/C=C/C1CCN(CCc3ccccc3)CC1)cn2C.Cl. The third-order valence-corrected chi connectivity index (χ3v) is 6.17. The number of ketones is 1.